The molecule has 0 radical (unpaired) electrons. The average Bonchev–Trinajstić information content (AvgIpc) is 3.73. The van der Waals surface area contributed by atoms with E-state index in [0.29, 0.717) is 13.2 Å². The molecule has 0 saturated carbocycles. The first-order chi connectivity index (χ1) is 26.7. The van der Waals surface area contributed by atoms with E-state index >= 15 is 0 Å². The Morgan fingerprint density at radius 1 is 0.600 bits per heavy atom. The lowest BCUT2D eigenvalue weighted by Gasteiger charge is -2.17. The van der Waals surface area contributed by atoms with E-state index in [1.807, 2.05) is 12.4 Å². The fourth-order valence-electron chi connectivity index (χ4n) is 8.53. The first-order valence-corrected chi connectivity index (χ1v) is 20.6. The van der Waals surface area contributed by atoms with Gasteiger partial charge in [0.1, 0.15) is 11.4 Å². The smallest absolute Gasteiger partial charge is 0.164 e. The maximum absolute atomic E-state index is 6.75. The van der Waals surface area contributed by atoms with Crippen LogP contribution in [0.25, 0.3) is 45.0 Å². The van der Waals surface area contributed by atoms with Crippen molar-refractivity contribution in [1.29, 1.82) is 0 Å². The van der Waals surface area contributed by atoms with E-state index in [4.69, 9.17) is 24.7 Å². The van der Waals surface area contributed by atoms with Gasteiger partial charge in [0, 0.05) is 35.9 Å². The molecule has 6 rings (SSSR count). The molecule has 0 N–H and O–H groups in total. The summed E-state index contributed by atoms with van der Waals surface area (Å²) in [4.78, 5) is 20.5. The largest absolute Gasteiger partial charge is 0.372 e. The van der Waals surface area contributed by atoms with Crippen LogP contribution < -0.4 is 0 Å². The molecule has 0 spiro atoms. The maximum Gasteiger partial charge on any atom is 0.164 e. The zero-order valence-corrected chi connectivity index (χ0v) is 34.9. The van der Waals surface area contributed by atoms with Gasteiger partial charge in [-0.25, -0.2) is 9.97 Å². The summed E-state index contributed by atoms with van der Waals surface area (Å²) in [7, 11) is 0. The Hall–Kier alpha value is -4.88. The van der Waals surface area contributed by atoms with Gasteiger partial charge in [-0.3, -0.25) is 18.8 Å². The topological polar surface area (TPSA) is 69.6 Å². The lowest BCUT2D eigenvalue weighted by molar-refractivity contribution is 0.107. The van der Waals surface area contributed by atoms with Crippen molar-refractivity contribution in [3.8, 4) is 22.5 Å². The van der Waals surface area contributed by atoms with Crippen LogP contribution in [-0.4, -0.2) is 28.7 Å². The Bertz CT molecular complexity index is 2210. The summed E-state index contributed by atoms with van der Waals surface area (Å²) in [6.45, 7) is 22.9. The number of fused-ring (bicyclic) bond motifs is 2. The third-order valence-corrected chi connectivity index (χ3v) is 10.6. The summed E-state index contributed by atoms with van der Waals surface area (Å²) in [6, 6.07) is 8.98. The Balaban J connectivity index is 1.41. The lowest BCUT2D eigenvalue weighted by atomic mass is 9.96. The van der Waals surface area contributed by atoms with Crippen LogP contribution in [0, 0.1) is 27.7 Å². The van der Waals surface area contributed by atoms with Crippen molar-refractivity contribution in [1.82, 2.24) is 28.7 Å². The monoisotopic (exact) mass is 736 g/mol. The molecule has 4 heterocycles. The second kappa shape index (κ2) is 17.7. The zero-order valence-electron chi connectivity index (χ0n) is 34.9. The summed E-state index contributed by atoms with van der Waals surface area (Å²) >= 11 is 0. The molecule has 0 amide bonds. The molecule has 0 aliphatic heterocycles. The number of rotatable bonds is 16. The third kappa shape index (κ3) is 7.95. The fraction of sp³-hybridized carbons (Fsp3) is 0.417. The van der Waals surface area contributed by atoms with E-state index in [1.165, 1.54) is 44.8 Å². The number of imidazole rings is 2. The van der Waals surface area contributed by atoms with Crippen molar-refractivity contribution < 1.29 is 4.74 Å². The summed E-state index contributed by atoms with van der Waals surface area (Å²) in [5, 5.41) is 0. The van der Waals surface area contributed by atoms with Gasteiger partial charge in [0.2, 0.25) is 0 Å². The molecule has 0 fully saturated rings. The number of aromatic nitrogens is 6. The lowest BCUT2D eigenvalue weighted by Crippen LogP contribution is -2.05. The third-order valence-electron chi connectivity index (χ3n) is 10.6. The summed E-state index contributed by atoms with van der Waals surface area (Å²) in [6.07, 6.45) is 20.7. The van der Waals surface area contributed by atoms with Crippen LogP contribution >= 0.6 is 0 Å². The van der Waals surface area contributed by atoms with E-state index in [-0.39, 0.29) is 0 Å². The molecule has 7 heteroatoms. The molecule has 0 saturated heterocycles. The number of nitrogens with zero attached hydrogens (tertiary/aromatic N) is 6. The second-order valence-corrected chi connectivity index (χ2v) is 15.0. The molecule has 7 nitrogen and oxygen atoms in total. The fourth-order valence-corrected chi connectivity index (χ4v) is 8.53. The molecule has 0 aliphatic rings. The van der Waals surface area contributed by atoms with E-state index in [2.05, 4.69) is 127 Å². The number of hydrogen-bond acceptors (Lipinski definition) is 5. The van der Waals surface area contributed by atoms with E-state index in [1.54, 1.807) is 0 Å². The van der Waals surface area contributed by atoms with Gasteiger partial charge in [-0.2, -0.15) is 0 Å². The van der Waals surface area contributed by atoms with Gasteiger partial charge < -0.3 is 4.74 Å². The van der Waals surface area contributed by atoms with Gasteiger partial charge in [0.15, 0.2) is 11.3 Å². The van der Waals surface area contributed by atoms with E-state index in [0.717, 1.165) is 108 Å². The van der Waals surface area contributed by atoms with Crippen LogP contribution in [0.3, 0.4) is 0 Å². The van der Waals surface area contributed by atoms with Gasteiger partial charge in [0.25, 0.3) is 0 Å². The Kier molecular flexibility index (Phi) is 12.8. The quantitative estimate of drug-likeness (QED) is 0.0989. The van der Waals surface area contributed by atoms with Crippen molar-refractivity contribution in [2.45, 2.75) is 134 Å². The summed E-state index contributed by atoms with van der Waals surface area (Å²) in [5.74, 6) is 0. The Morgan fingerprint density at radius 2 is 1.02 bits per heavy atom. The zero-order chi connectivity index (χ0) is 39.2. The Labute approximate surface area is 328 Å². The molecule has 0 aliphatic carbocycles. The molecule has 0 unspecified atom stereocenters. The summed E-state index contributed by atoms with van der Waals surface area (Å²) in [5.41, 5.74) is 20.2. The standard InChI is InChI=1S/C48H60N6O/c1-11-17-35(18-12-2)45-39(15-5)51-47-43(49-21-23-53(45)47)41-33(9)25-31(7)27-37(41)29-55-30-38-28-32(8)26-34(10)42(38)44-48-52-40(16-6)46(54(48)24-22-50-44)36(19-13-3)20-14-4/h17,19,21-28H,11-16,18,20,29-30H2,1-10H3. The molecule has 0 atom stereocenters. The van der Waals surface area contributed by atoms with Crippen LogP contribution in [-0.2, 0) is 30.8 Å². The molecule has 4 aromatic heterocycles. The SMILES string of the molecule is CCC=C(CCC)c1c(CC)nc2c(-c3c(C)cc(C)cc3COCc3cc(C)cc(C)c3-c3nccn4c(C(=CCC)CCC)c(CC)nc34)nccn12. The van der Waals surface area contributed by atoms with Crippen LogP contribution in [0.2, 0.25) is 0 Å². The molecule has 288 valence electrons. The molecule has 6 aromatic rings. The van der Waals surface area contributed by atoms with Crippen LogP contribution in [0.5, 0.6) is 0 Å². The van der Waals surface area contributed by atoms with Crippen LogP contribution in [0.1, 0.15) is 136 Å². The highest BCUT2D eigenvalue weighted by Gasteiger charge is 2.23. The number of aryl methyl sites for hydroxylation is 6. The first-order valence-electron chi connectivity index (χ1n) is 20.6. The van der Waals surface area contributed by atoms with Gasteiger partial charge >= 0.3 is 0 Å². The van der Waals surface area contributed by atoms with Crippen LogP contribution in [0.4, 0.5) is 0 Å². The minimum Gasteiger partial charge on any atom is -0.372 e. The number of hydrogen-bond donors (Lipinski definition) is 0. The van der Waals surface area contributed by atoms with Gasteiger partial charge in [-0.1, -0.05) is 102 Å². The number of allylic oxidation sites excluding steroid dienone is 4. The van der Waals surface area contributed by atoms with Crippen molar-refractivity contribution >= 4 is 22.4 Å². The van der Waals surface area contributed by atoms with Crippen molar-refractivity contribution in [2.24, 2.45) is 0 Å². The van der Waals surface area contributed by atoms with E-state index < -0.39 is 0 Å². The molecule has 2 aromatic carbocycles. The van der Waals surface area contributed by atoms with Crippen molar-refractivity contribution in [2.75, 3.05) is 0 Å². The minimum absolute atomic E-state index is 0.436. The predicted molar refractivity (Wildman–Crippen MR) is 229 cm³/mol. The molecule has 0 bridgehead atoms. The van der Waals surface area contributed by atoms with Gasteiger partial charge in [-0.05, 0) is 99.6 Å². The predicted octanol–water partition coefficient (Wildman–Crippen LogP) is 12.4. The van der Waals surface area contributed by atoms with Gasteiger partial charge in [0.05, 0.1) is 36.0 Å². The maximum atomic E-state index is 6.75. The number of ether oxygens (including phenoxy) is 1. The highest BCUT2D eigenvalue weighted by molar-refractivity contribution is 5.83. The normalized spacial score (nSPS) is 12.5. The highest BCUT2D eigenvalue weighted by Crippen LogP contribution is 2.36. The molecular formula is C48H60N6O. The van der Waals surface area contributed by atoms with Crippen molar-refractivity contribution in [3.05, 3.63) is 117 Å². The van der Waals surface area contributed by atoms with Crippen molar-refractivity contribution in [3.63, 3.8) is 0 Å². The first kappa shape index (κ1) is 39.8. The summed E-state index contributed by atoms with van der Waals surface area (Å²) < 4.78 is 11.3. The Morgan fingerprint density at radius 3 is 1.38 bits per heavy atom. The second-order valence-electron chi connectivity index (χ2n) is 15.0. The molecular weight excluding hydrogens is 677 g/mol. The van der Waals surface area contributed by atoms with E-state index in [9.17, 15) is 0 Å². The highest BCUT2D eigenvalue weighted by atomic mass is 16.5. The van der Waals surface area contributed by atoms with Crippen LogP contribution in [0.15, 0.2) is 61.2 Å². The minimum atomic E-state index is 0.436. The average molecular weight is 737 g/mol. The number of benzene rings is 2. The molecule has 55 heavy (non-hydrogen) atoms. The van der Waals surface area contributed by atoms with Gasteiger partial charge in [-0.15, -0.1) is 0 Å².